The Morgan fingerprint density at radius 2 is 0.628 bits per heavy atom. The minimum atomic E-state index is -4.97. The minimum Gasteiger partial charge on any atom is -0.462 e. The maximum Gasteiger partial charge on any atom is 0.472 e. The number of aliphatic hydroxyl groups excluding tert-OH is 1. The number of allylic oxidation sites excluding steroid dienone is 4. The number of carbonyl (C=O) groups excluding carboxylic acids is 4. The van der Waals surface area contributed by atoms with Crippen LogP contribution in [-0.4, -0.2) is 96.7 Å². The number of unbranched alkanes of at least 4 members (excludes halogenated alkanes) is 34. The average molecular weight is 1380 g/mol. The lowest BCUT2D eigenvalue weighted by atomic mass is 9.99. The first-order valence-corrected chi connectivity index (χ1v) is 41.2. The zero-order valence-corrected chi connectivity index (χ0v) is 62.7. The van der Waals surface area contributed by atoms with Gasteiger partial charge in [0.25, 0.3) is 0 Å². The topological polar surface area (TPSA) is 237 Å². The van der Waals surface area contributed by atoms with Crippen molar-refractivity contribution in [3.05, 3.63) is 24.3 Å². The van der Waals surface area contributed by atoms with E-state index in [1.807, 2.05) is 0 Å². The van der Waals surface area contributed by atoms with Crippen LogP contribution in [0.5, 0.6) is 0 Å². The summed E-state index contributed by atoms with van der Waals surface area (Å²) in [6.07, 6.45) is 53.3. The summed E-state index contributed by atoms with van der Waals surface area (Å²) in [6.45, 7) is 11.8. The van der Waals surface area contributed by atoms with Gasteiger partial charge in [0.15, 0.2) is 12.2 Å². The fraction of sp³-hybridized carbons (Fsp3) is 0.893. The number of hydrogen-bond donors (Lipinski definition) is 3. The lowest BCUT2D eigenvalue weighted by Crippen LogP contribution is -2.30. The molecule has 0 rings (SSSR count). The second kappa shape index (κ2) is 65.2. The van der Waals surface area contributed by atoms with Crippen molar-refractivity contribution in [1.82, 2.24) is 0 Å². The minimum absolute atomic E-state index is 0.0845. The first kappa shape index (κ1) is 91.5. The standard InChI is InChI=1S/C75H142O17P2/c1-8-11-12-13-14-15-16-17-18-19-20-28-37-44-51-58-74(79)91-70(62-85-72(77)56-49-42-35-27-23-21-25-33-40-47-54-67(6)9-2)64-89-93(81,82)87-60-69(76)61-88-94(83,84)90-65-71(63-86-73(78)57-50-43-36-31-30-32-39-46-53-66(4)5)92-75(80)59-52-45-38-29-24-22-26-34-41-48-55-68(7)10-3/h15-18,66-71,76H,8-14,19-65H2,1-7H3,(H,81,82)(H,83,84)/b16-15-,18-17-/t67?,68?,69?,70-,71-/m1/s1. The Bertz CT molecular complexity index is 1930. The summed E-state index contributed by atoms with van der Waals surface area (Å²) >= 11 is 0. The highest BCUT2D eigenvalue weighted by atomic mass is 31.2. The van der Waals surface area contributed by atoms with Crippen molar-refractivity contribution < 1.29 is 80.2 Å². The van der Waals surface area contributed by atoms with Crippen LogP contribution in [0.4, 0.5) is 0 Å². The molecule has 0 aromatic heterocycles. The third-order valence-electron chi connectivity index (χ3n) is 17.5. The molecule has 0 bridgehead atoms. The largest absolute Gasteiger partial charge is 0.472 e. The predicted octanol–water partition coefficient (Wildman–Crippen LogP) is 21.3. The predicted molar refractivity (Wildman–Crippen MR) is 381 cm³/mol. The molecule has 0 saturated heterocycles. The number of aliphatic hydroxyl groups is 1. The van der Waals surface area contributed by atoms with Crippen LogP contribution in [-0.2, 0) is 65.4 Å². The molecular formula is C75H142O17P2. The van der Waals surface area contributed by atoms with Crippen LogP contribution in [0.3, 0.4) is 0 Å². The molecule has 0 aromatic carbocycles. The van der Waals surface area contributed by atoms with Gasteiger partial charge in [-0.15, -0.1) is 0 Å². The summed E-state index contributed by atoms with van der Waals surface area (Å²) < 4.78 is 68.5. The molecule has 0 fully saturated rings. The van der Waals surface area contributed by atoms with Crippen LogP contribution in [0.1, 0.15) is 357 Å². The number of carbonyl (C=O) groups is 4. The van der Waals surface area contributed by atoms with Gasteiger partial charge in [-0.1, -0.05) is 304 Å². The fourth-order valence-corrected chi connectivity index (χ4v) is 12.4. The van der Waals surface area contributed by atoms with Gasteiger partial charge in [0, 0.05) is 25.7 Å². The summed E-state index contributed by atoms with van der Waals surface area (Å²) in [5, 5.41) is 10.6. The Labute approximate surface area is 573 Å². The number of esters is 4. The molecule has 0 heterocycles. The van der Waals surface area contributed by atoms with Crippen molar-refractivity contribution in [1.29, 1.82) is 0 Å². The van der Waals surface area contributed by atoms with E-state index in [9.17, 15) is 43.2 Å². The quantitative estimate of drug-likeness (QED) is 0.0169. The van der Waals surface area contributed by atoms with Crippen LogP contribution in [0.15, 0.2) is 24.3 Å². The monoisotopic (exact) mass is 1380 g/mol. The van der Waals surface area contributed by atoms with Crippen molar-refractivity contribution in [2.45, 2.75) is 375 Å². The fourth-order valence-electron chi connectivity index (χ4n) is 10.8. The van der Waals surface area contributed by atoms with Crippen LogP contribution in [0.25, 0.3) is 0 Å². The Balaban J connectivity index is 5.31. The normalized spacial score (nSPS) is 14.8. The first-order chi connectivity index (χ1) is 45.3. The summed E-state index contributed by atoms with van der Waals surface area (Å²) in [5.41, 5.74) is 0. The SMILES string of the molecule is CCCCCC/C=C\C=C/CCCCCCCC(=O)O[C@H](COC(=O)CCCCCCCCCCCCC(C)CC)COP(=O)(O)OCC(O)COP(=O)(O)OC[C@@H](COC(=O)CCCCCCCCCCC(C)C)OC(=O)CCCCCCCCCCCCC(C)CC. The summed E-state index contributed by atoms with van der Waals surface area (Å²) in [7, 11) is -9.92. The third-order valence-corrected chi connectivity index (χ3v) is 19.4. The third kappa shape index (κ3) is 65.5. The van der Waals surface area contributed by atoms with Crippen molar-refractivity contribution in [3.63, 3.8) is 0 Å². The van der Waals surface area contributed by atoms with E-state index in [0.717, 1.165) is 120 Å². The molecule has 0 spiro atoms. The van der Waals surface area contributed by atoms with E-state index in [2.05, 4.69) is 72.8 Å². The van der Waals surface area contributed by atoms with Crippen LogP contribution < -0.4 is 0 Å². The molecule has 0 amide bonds. The highest BCUT2D eigenvalue weighted by Gasteiger charge is 2.30. The second-order valence-corrected chi connectivity index (χ2v) is 30.2. The van der Waals surface area contributed by atoms with Crippen molar-refractivity contribution >= 4 is 39.5 Å². The van der Waals surface area contributed by atoms with Gasteiger partial charge in [-0.3, -0.25) is 37.3 Å². The molecule has 0 aliphatic carbocycles. The van der Waals surface area contributed by atoms with E-state index in [1.165, 1.54) is 154 Å². The van der Waals surface area contributed by atoms with Gasteiger partial charge in [0.05, 0.1) is 26.4 Å². The van der Waals surface area contributed by atoms with Gasteiger partial charge < -0.3 is 33.8 Å². The molecule has 19 heteroatoms. The van der Waals surface area contributed by atoms with E-state index in [1.54, 1.807) is 0 Å². The van der Waals surface area contributed by atoms with Crippen LogP contribution in [0, 0.1) is 17.8 Å². The maximum atomic E-state index is 13.1. The molecule has 7 atom stereocenters. The molecule has 94 heavy (non-hydrogen) atoms. The second-order valence-electron chi connectivity index (χ2n) is 27.3. The van der Waals surface area contributed by atoms with E-state index in [0.29, 0.717) is 25.7 Å². The Morgan fingerprint density at radius 1 is 0.351 bits per heavy atom. The molecule has 0 aliphatic rings. The molecular weight excluding hydrogens is 1230 g/mol. The summed E-state index contributed by atoms with van der Waals surface area (Å²) in [5.74, 6) is 0.183. The molecule has 554 valence electrons. The van der Waals surface area contributed by atoms with E-state index < -0.39 is 97.5 Å². The van der Waals surface area contributed by atoms with Gasteiger partial charge >= 0.3 is 39.5 Å². The average Bonchev–Trinajstić information content (AvgIpc) is 1.29. The summed E-state index contributed by atoms with van der Waals surface area (Å²) in [4.78, 5) is 72.8. The van der Waals surface area contributed by atoms with Crippen LogP contribution in [0.2, 0.25) is 0 Å². The van der Waals surface area contributed by atoms with Crippen molar-refractivity contribution in [2.24, 2.45) is 17.8 Å². The van der Waals surface area contributed by atoms with Crippen LogP contribution >= 0.6 is 15.6 Å². The zero-order chi connectivity index (χ0) is 69.4. The molecule has 17 nitrogen and oxygen atoms in total. The smallest absolute Gasteiger partial charge is 0.462 e. The summed E-state index contributed by atoms with van der Waals surface area (Å²) in [6, 6.07) is 0. The highest BCUT2D eigenvalue weighted by molar-refractivity contribution is 7.47. The molecule has 0 aliphatic heterocycles. The van der Waals surface area contributed by atoms with Gasteiger partial charge in [0.2, 0.25) is 0 Å². The number of phosphoric acid groups is 2. The van der Waals surface area contributed by atoms with Gasteiger partial charge in [-0.2, -0.15) is 0 Å². The molecule has 5 unspecified atom stereocenters. The molecule has 0 aromatic rings. The number of ether oxygens (including phenoxy) is 4. The highest BCUT2D eigenvalue weighted by Crippen LogP contribution is 2.45. The lowest BCUT2D eigenvalue weighted by Gasteiger charge is -2.21. The Kier molecular flexibility index (Phi) is 63.5. The van der Waals surface area contributed by atoms with E-state index >= 15 is 0 Å². The van der Waals surface area contributed by atoms with E-state index in [-0.39, 0.29) is 25.7 Å². The Morgan fingerprint density at radius 3 is 0.947 bits per heavy atom. The number of rotatable bonds is 71. The maximum absolute atomic E-state index is 13.1. The van der Waals surface area contributed by atoms with Crippen molar-refractivity contribution in [3.8, 4) is 0 Å². The van der Waals surface area contributed by atoms with E-state index in [4.69, 9.17) is 37.0 Å². The van der Waals surface area contributed by atoms with Gasteiger partial charge in [-0.05, 0) is 69.1 Å². The van der Waals surface area contributed by atoms with Crippen molar-refractivity contribution in [2.75, 3.05) is 39.6 Å². The molecule has 0 radical (unpaired) electrons. The molecule has 0 saturated carbocycles. The molecule has 3 N–H and O–H groups in total. The lowest BCUT2D eigenvalue weighted by molar-refractivity contribution is -0.161. The Hall–Kier alpha value is -2.46. The van der Waals surface area contributed by atoms with Gasteiger partial charge in [-0.25, -0.2) is 9.13 Å². The van der Waals surface area contributed by atoms with Gasteiger partial charge in [0.1, 0.15) is 19.3 Å². The first-order valence-electron chi connectivity index (χ1n) is 38.2. The number of phosphoric ester groups is 2. The zero-order valence-electron chi connectivity index (χ0n) is 60.9. The number of hydrogen-bond acceptors (Lipinski definition) is 15.